The van der Waals surface area contributed by atoms with Crippen LogP contribution in [0, 0.1) is 0 Å². The Bertz CT molecular complexity index is 815. The fourth-order valence-electron chi connectivity index (χ4n) is 2.20. The summed E-state index contributed by atoms with van der Waals surface area (Å²) in [6, 6.07) is 10.7. The van der Waals surface area contributed by atoms with Crippen LogP contribution < -0.4 is 16.0 Å². The number of aromatic nitrogens is 3. The second kappa shape index (κ2) is 5.16. The first kappa shape index (κ1) is 13.0. The SMILES string of the molecule is COc1cccc(-c2c(N)n[nH]c2-c2ccc(=O)[nH]c2)c1. The number of nitrogens with two attached hydrogens (primary N) is 1. The third kappa shape index (κ3) is 2.38. The third-order valence-corrected chi connectivity index (χ3v) is 3.23. The third-order valence-electron chi connectivity index (χ3n) is 3.23. The van der Waals surface area contributed by atoms with Crippen molar-refractivity contribution in [1.29, 1.82) is 0 Å². The Morgan fingerprint density at radius 2 is 2.05 bits per heavy atom. The number of rotatable bonds is 3. The molecule has 106 valence electrons. The fraction of sp³-hybridized carbons (Fsp3) is 0.0667. The molecule has 0 aliphatic heterocycles. The van der Waals surface area contributed by atoms with E-state index < -0.39 is 0 Å². The second-order valence-electron chi connectivity index (χ2n) is 4.53. The lowest BCUT2D eigenvalue weighted by atomic mass is 10.0. The van der Waals surface area contributed by atoms with Crippen LogP contribution in [-0.4, -0.2) is 22.3 Å². The molecule has 0 atom stereocenters. The van der Waals surface area contributed by atoms with E-state index in [4.69, 9.17) is 10.5 Å². The summed E-state index contributed by atoms with van der Waals surface area (Å²) in [5.74, 6) is 1.13. The molecule has 2 heterocycles. The quantitative estimate of drug-likeness (QED) is 0.684. The highest BCUT2D eigenvalue weighted by Crippen LogP contribution is 2.35. The number of ether oxygens (including phenoxy) is 1. The summed E-state index contributed by atoms with van der Waals surface area (Å²) in [6.07, 6.45) is 1.62. The van der Waals surface area contributed by atoms with E-state index >= 15 is 0 Å². The van der Waals surface area contributed by atoms with Gasteiger partial charge in [-0.15, -0.1) is 0 Å². The number of methoxy groups -OCH3 is 1. The summed E-state index contributed by atoms with van der Waals surface area (Å²) in [4.78, 5) is 13.8. The van der Waals surface area contributed by atoms with E-state index in [2.05, 4.69) is 15.2 Å². The van der Waals surface area contributed by atoms with Crippen LogP contribution in [0.25, 0.3) is 22.4 Å². The molecule has 3 rings (SSSR count). The number of hydrogen-bond donors (Lipinski definition) is 3. The van der Waals surface area contributed by atoms with E-state index in [1.165, 1.54) is 6.07 Å². The van der Waals surface area contributed by atoms with Gasteiger partial charge in [0.15, 0.2) is 5.82 Å². The van der Waals surface area contributed by atoms with Gasteiger partial charge in [-0.2, -0.15) is 5.10 Å². The van der Waals surface area contributed by atoms with Crippen molar-refractivity contribution < 1.29 is 4.74 Å². The molecule has 6 heteroatoms. The monoisotopic (exact) mass is 282 g/mol. The van der Waals surface area contributed by atoms with E-state index in [1.54, 1.807) is 19.4 Å². The van der Waals surface area contributed by atoms with Crippen LogP contribution in [0.3, 0.4) is 0 Å². The van der Waals surface area contributed by atoms with E-state index in [0.717, 1.165) is 28.1 Å². The Balaban J connectivity index is 2.16. The topological polar surface area (TPSA) is 96.8 Å². The van der Waals surface area contributed by atoms with Gasteiger partial charge in [0.25, 0.3) is 0 Å². The summed E-state index contributed by atoms with van der Waals surface area (Å²) >= 11 is 0. The summed E-state index contributed by atoms with van der Waals surface area (Å²) in [5.41, 5.74) is 9.04. The molecule has 2 aromatic heterocycles. The molecule has 0 fully saturated rings. The van der Waals surface area contributed by atoms with Gasteiger partial charge < -0.3 is 15.5 Å². The van der Waals surface area contributed by atoms with Crippen LogP contribution in [0.15, 0.2) is 47.4 Å². The fourth-order valence-corrected chi connectivity index (χ4v) is 2.20. The highest BCUT2D eigenvalue weighted by Gasteiger charge is 2.15. The summed E-state index contributed by atoms with van der Waals surface area (Å²) in [7, 11) is 1.61. The average molecular weight is 282 g/mol. The van der Waals surface area contributed by atoms with Gasteiger partial charge in [0.05, 0.1) is 18.4 Å². The first-order valence-electron chi connectivity index (χ1n) is 6.36. The summed E-state index contributed by atoms with van der Waals surface area (Å²) in [6.45, 7) is 0. The minimum atomic E-state index is -0.158. The van der Waals surface area contributed by atoms with Crippen LogP contribution >= 0.6 is 0 Å². The highest BCUT2D eigenvalue weighted by atomic mass is 16.5. The molecule has 0 aliphatic rings. The van der Waals surface area contributed by atoms with Gasteiger partial charge >= 0.3 is 0 Å². The predicted molar refractivity (Wildman–Crippen MR) is 81.0 cm³/mol. The first-order chi connectivity index (χ1) is 10.2. The van der Waals surface area contributed by atoms with Crippen molar-refractivity contribution in [1.82, 2.24) is 15.2 Å². The van der Waals surface area contributed by atoms with Crippen molar-refractivity contribution >= 4 is 5.82 Å². The number of benzene rings is 1. The minimum absolute atomic E-state index is 0.158. The standard InChI is InChI=1S/C15H14N4O2/c1-21-11-4-2-3-9(7-11)13-14(18-19-15(13)16)10-5-6-12(20)17-8-10/h2-8H,1H3,(H,17,20)(H3,16,18,19). The van der Waals surface area contributed by atoms with Crippen molar-refractivity contribution in [2.24, 2.45) is 0 Å². The van der Waals surface area contributed by atoms with Crippen LogP contribution in [0.2, 0.25) is 0 Å². The van der Waals surface area contributed by atoms with Crippen molar-refractivity contribution in [3.05, 3.63) is 52.9 Å². The Kier molecular flexibility index (Phi) is 3.19. The largest absolute Gasteiger partial charge is 0.497 e. The molecule has 3 aromatic rings. The number of aromatic amines is 2. The first-order valence-corrected chi connectivity index (χ1v) is 6.36. The zero-order valence-electron chi connectivity index (χ0n) is 11.4. The molecule has 21 heavy (non-hydrogen) atoms. The van der Waals surface area contributed by atoms with Crippen molar-refractivity contribution in [3.63, 3.8) is 0 Å². The predicted octanol–water partition coefficient (Wildman–Crippen LogP) is 2.02. The van der Waals surface area contributed by atoms with Crippen LogP contribution in [0.1, 0.15) is 0 Å². The molecule has 0 bridgehead atoms. The Hall–Kier alpha value is -3.02. The average Bonchev–Trinajstić information content (AvgIpc) is 2.90. The lowest BCUT2D eigenvalue weighted by molar-refractivity contribution is 0.415. The molecule has 6 nitrogen and oxygen atoms in total. The van der Waals surface area contributed by atoms with Gasteiger partial charge in [-0.25, -0.2) is 0 Å². The summed E-state index contributed by atoms with van der Waals surface area (Å²) < 4.78 is 5.24. The Morgan fingerprint density at radius 3 is 2.76 bits per heavy atom. The van der Waals surface area contributed by atoms with E-state index in [0.29, 0.717) is 5.82 Å². The molecule has 0 amide bonds. The molecule has 0 radical (unpaired) electrons. The van der Waals surface area contributed by atoms with Crippen LogP contribution in [0.4, 0.5) is 5.82 Å². The van der Waals surface area contributed by atoms with E-state index in [-0.39, 0.29) is 5.56 Å². The van der Waals surface area contributed by atoms with Crippen molar-refractivity contribution in [2.75, 3.05) is 12.8 Å². The lowest BCUT2D eigenvalue weighted by Crippen LogP contribution is -2.01. The number of pyridine rings is 1. The van der Waals surface area contributed by atoms with Gasteiger partial charge in [-0.3, -0.25) is 9.89 Å². The number of H-pyrrole nitrogens is 2. The van der Waals surface area contributed by atoms with Crippen molar-refractivity contribution in [3.8, 4) is 28.1 Å². The van der Waals surface area contributed by atoms with Gasteiger partial charge in [-0.1, -0.05) is 12.1 Å². The van der Waals surface area contributed by atoms with Gasteiger partial charge in [0, 0.05) is 17.8 Å². The molecule has 0 unspecified atom stereocenters. The zero-order valence-corrected chi connectivity index (χ0v) is 11.4. The minimum Gasteiger partial charge on any atom is -0.497 e. The molecule has 4 N–H and O–H groups in total. The van der Waals surface area contributed by atoms with Gasteiger partial charge in [0.1, 0.15) is 5.75 Å². The lowest BCUT2D eigenvalue weighted by Gasteiger charge is -2.06. The Morgan fingerprint density at radius 1 is 1.19 bits per heavy atom. The van der Waals surface area contributed by atoms with E-state index in [1.807, 2.05) is 24.3 Å². The maximum absolute atomic E-state index is 11.2. The molecule has 1 aromatic carbocycles. The normalized spacial score (nSPS) is 10.5. The molecule has 0 saturated carbocycles. The number of nitrogen functional groups attached to an aromatic ring is 1. The molecular weight excluding hydrogens is 268 g/mol. The van der Waals surface area contributed by atoms with Gasteiger partial charge in [0.2, 0.25) is 5.56 Å². The molecular formula is C15H14N4O2. The highest BCUT2D eigenvalue weighted by molar-refractivity contribution is 5.87. The molecule has 0 saturated heterocycles. The van der Waals surface area contributed by atoms with Crippen molar-refractivity contribution in [2.45, 2.75) is 0 Å². The Labute approximate surface area is 120 Å². The second-order valence-corrected chi connectivity index (χ2v) is 4.53. The van der Waals surface area contributed by atoms with Crippen LogP contribution in [0.5, 0.6) is 5.75 Å². The molecule has 0 spiro atoms. The van der Waals surface area contributed by atoms with E-state index in [9.17, 15) is 4.79 Å². The molecule has 0 aliphatic carbocycles. The zero-order chi connectivity index (χ0) is 14.8. The maximum Gasteiger partial charge on any atom is 0.247 e. The van der Waals surface area contributed by atoms with Gasteiger partial charge in [-0.05, 0) is 23.8 Å². The number of hydrogen-bond acceptors (Lipinski definition) is 4. The van der Waals surface area contributed by atoms with Crippen LogP contribution in [-0.2, 0) is 0 Å². The number of nitrogens with one attached hydrogen (secondary N) is 2. The maximum atomic E-state index is 11.2. The number of nitrogens with zero attached hydrogens (tertiary/aromatic N) is 1. The smallest absolute Gasteiger partial charge is 0.247 e. The number of anilines is 1. The summed E-state index contributed by atoms with van der Waals surface area (Å²) in [5, 5.41) is 6.98.